The van der Waals surface area contributed by atoms with Crippen molar-refractivity contribution in [2.75, 3.05) is 0 Å². The summed E-state index contributed by atoms with van der Waals surface area (Å²) in [5.74, 6) is 0.539. The molecular weight excluding hydrogens is 331 g/mol. The van der Waals surface area contributed by atoms with Crippen LogP contribution in [0.15, 0.2) is 49.2 Å². The van der Waals surface area contributed by atoms with Crippen molar-refractivity contribution in [2.45, 2.75) is 26.8 Å². The molecule has 4 rings (SSSR count). The van der Waals surface area contributed by atoms with Gasteiger partial charge in [-0.15, -0.1) is 0 Å². The van der Waals surface area contributed by atoms with Crippen LogP contribution < -0.4 is 0 Å². The predicted octanol–water partition coefficient (Wildman–Crippen LogP) is 3.31. The first kappa shape index (κ1) is 16.4. The van der Waals surface area contributed by atoms with E-state index in [1.165, 1.54) is 11.6 Å². The zero-order valence-electron chi connectivity index (χ0n) is 14.7. The lowest BCUT2D eigenvalue weighted by Gasteiger charge is -2.16. The largest absolute Gasteiger partial charge is 0.327 e. The van der Waals surface area contributed by atoms with Crippen molar-refractivity contribution < 1.29 is 4.39 Å². The number of imidazole rings is 2. The van der Waals surface area contributed by atoms with E-state index in [1.807, 2.05) is 19.2 Å². The highest BCUT2D eigenvalue weighted by molar-refractivity contribution is 5.52. The van der Waals surface area contributed by atoms with E-state index in [9.17, 15) is 4.39 Å². The summed E-state index contributed by atoms with van der Waals surface area (Å²) in [6.07, 6.45) is 8.01. The van der Waals surface area contributed by atoms with E-state index in [4.69, 9.17) is 0 Å². The molecule has 0 amide bonds. The highest BCUT2D eigenvalue weighted by atomic mass is 19.1. The van der Waals surface area contributed by atoms with Crippen LogP contribution in [0.2, 0.25) is 0 Å². The fraction of sp³-hybridized carbons (Fsp3) is 0.263. The molecule has 0 aliphatic rings. The maximum absolute atomic E-state index is 13.5. The Morgan fingerprint density at radius 1 is 1.19 bits per heavy atom. The Morgan fingerprint density at radius 2 is 2.08 bits per heavy atom. The number of aromatic nitrogens is 6. The highest BCUT2D eigenvalue weighted by Gasteiger charge is 2.15. The lowest BCUT2D eigenvalue weighted by atomic mass is 10.0. The summed E-state index contributed by atoms with van der Waals surface area (Å²) in [6, 6.07) is 6.81. The number of hydrogen-bond donors (Lipinski definition) is 0. The molecular formula is C19H19FN6. The second-order valence-corrected chi connectivity index (χ2v) is 6.57. The van der Waals surface area contributed by atoms with E-state index >= 15 is 0 Å². The quantitative estimate of drug-likeness (QED) is 0.518. The van der Waals surface area contributed by atoms with Crippen molar-refractivity contribution in [2.24, 2.45) is 5.92 Å². The third-order valence-corrected chi connectivity index (χ3v) is 4.48. The van der Waals surface area contributed by atoms with Crippen molar-refractivity contribution in [3.8, 4) is 11.5 Å². The molecule has 0 radical (unpaired) electrons. The molecule has 7 heteroatoms. The second kappa shape index (κ2) is 6.67. The molecule has 0 spiro atoms. The van der Waals surface area contributed by atoms with E-state index in [-0.39, 0.29) is 0 Å². The second-order valence-electron chi connectivity index (χ2n) is 6.57. The van der Waals surface area contributed by atoms with Gasteiger partial charge in [0.15, 0.2) is 5.82 Å². The molecule has 0 aromatic carbocycles. The van der Waals surface area contributed by atoms with Crippen molar-refractivity contribution in [1.29, 1.82) is 0 Å². The molecule has 4 aromatic rings. The summed E-state index contributed by atoms with van der Waals surface area (Å²) >= 11 is 0. The van der Waals surface area contributed by atoms with Gasteiger partial charge in [0.2, 0.25) is 5.95 Å². The fourth-order valence-electron chi connectivity index (χ4n) is 3.24. The van der Waals surface area contributed by atoms with Gasteiger partial charge < -0.3 is 4.57 Å². The van der Waals surface area contributed by atoms with Crippen LogP contribution in [0.1, 0.15) is 18.2 Å². The van der Waals surface area contributed by atoms with Gasteiger partial charge >= 0.3 is 0 Å². The molecule has 0 fully saturated rings. The molecule has 1 atom stereocenters. The Morgan fingerprint density at radius 3 is 2.92 bits per heavy atom. The standard InChI is InChI=1S/C19H19FN6/c1-13(8-15-6-7-23-26-12-21-10-17(15)26)11-25-14(2)9-22-19(25)16-4-3-5-18(20)24-16/h3-7,9-10,12-13H,8,11H2,1-2H3. The Bertz CT molecular complexity index is 1050. The molecule has 4 aromatic heterocycles. The zero-order valence-corrected chi connectivity index (χ0v) is 14.7. The van der Waals surface area contributed by atoms with Crippen molar-refractivity contribution in [3.63, 3.8) is 0 Å². The third-order valence-electron chi connectivity index (χ3n) is 4.48. The number of fused-ring (bicyclic) bond motifs is 1. The van der Waals surface area contributed by atoms with E-state index in [0.29, 0.717) is 17.4 Å². The lowest BCUT2D eigenvalue weighted by Crippen LogP contribution is -2.13. The van der Waals surface area contributed by atoms with E-state index in [1.54, 1.807) is 35.4 Å². The maximum atomic E-state index is 13.5. The molecule has 1 unspecified atom stereocenters. The first-order chi connectivity index (χ1) is 12.6. The molecule has 4 heterocycles. The summed E-state index contributed by atoms with van der Waals surface area (Å²) < 4.78 is 17.4. The Kier molecular flexibility index (Phi) is 4.20. The number of aryl methyl sites for hydroxylation is 1. The molecule has 0 aliphatic heterocycles. The van der Waals surface area contributed by atoms with Crippen LogP contribution >= 0.6 is 0 Å². The molecule has 0 bridgehead atoms. The van der Waals surface area contributed by atoms with Gasteiger partial charge in [-0.1, -0.05) is 13.0 Å². The summed E-state index contributed by atoms with van der Waals surface area (Å²) in [4.78, 5) is 12.6. The van der Waals surface area contributed by atoms with Crippen LogP contribution in [0, 0.1) is 18.8 Å². The van der Waals surface area contributed by atoms with Crippen LogP contribution in [0.25, 0.3) is 17.0 Å². The molecule has 0 aliphatic carbocycles. The van der Waals surface area contributed by atoms with Gasteiger partial charge in [0.25, 0.3) is 0 Å². The SMILES string of the molecule is Cc1cnc(-c2cccc(F)n2)n1CC(C)Cc1ccnn2cncc12. The summed E-state index contributed by atoms with van der Waals surface area (Å²) in [5.41, 5.74) is 3.80. The molecule has 0 saturated heterocycles. The number of halogens is 1. The number of nitrogens with zero attached hydrogens (tertiary/aromatic N) is 6. The van der Waals surface area contributed by atoms with Crippen molar-refractivity contribution in [1.82, 2.24) is 29.1 Å². The molecule has 6 nitrogen and oxygen atoms in total. The third kappa shape index (κ3) is 3.08. The van der Waals surface area contributed by atoms with Crippen LogP contribution in [0.3, 0.4) is 0 Å². The average molecular weight is 350 g/mol. The average Bonchev–Trinajstić information content (AvgIpc) is 3.23. The normalized spacial score (nSPS) is 12.6. The van der Waals surface area contributed by atoms with Gasteiger partial charge in [0.05, 0.1) is 11.7 Å². The first-order valence-electron chi connectivity index (χ1n) is 8.53. The summed E-state index contributed by atoms with van der Waals surface area (Å²) in [5, 5.41) is 4.26. The number of rotatable bonds is 5. The minimum absolute atomic E-state index is 0.344. The van der Waals surface area contributed by atoms with Crippen molar-refractivity contribution >= 4 is 5.52 Å². The van der Waals surface area contributed by atoms with Crippen molar-refractivity contribution in [3.05, 3.63) is 66.4 Å². The monoisotopic (exact) mass is 350 g/mol. The topological polar surface area (TPSA) is 60.9 Å². The Balaban J connectivity index is 1.59. The number of pyridine rings is 1. The van der Waals surface area contributed by atoms with Crippen LogP contribution in [-0.2, 0) is 13.0 Å². The smallest absolute Gasteiger partial charge is 0.213 e. The minimum Gasteiger partial charge on any atom is -0.327 e. The number of hydrogen-bond acceptors (Lipinski definition) is 4. The minimum atomic E-state index is -0.498. The summed E-state index contributed by atoms with van der Waals surface area (Å²) in [6.45, 7) is 4.96. The van der Waals surface area contributed by atoms with Gasteiger partial charge in [0, 0.05) is 24.6 Å². The van der Waals surface area contributed by atoms with E-state index < -0.39 is 5.95 Å². The van der Waals surface area contributed by atoms with Crippen LogP contribution in [0.5, 0.6) is 0 Å². The molecule has 26 heavy (non-hydrogen) atoms. The highest BCUT2D eigenvalue weighted by Crippen LogP contribution is 2.21. The van der Waals surface area contributed by atoms with Crippen LogP contribution in [0.4, 0.5) is 4.39 Å². The van der Waals surface area contributed by atoms with Gasteiger partial charge in [-0.3, -0.25) is 0 Å². The van der Waals surface area contributed by atoms with Gasteiger partial charge in [-0.25, -0.2) is 19.5 Å². The van der Waals surface area contributed by atoms with Crippen LogP contribution in [-0.4, -0.2) is 29.1 Å². The zero-order chi connectivity index (χ0) is 18.1. The molecule has 0 saturated carbocycles. The fourth-order valence-corrected chi connectivity index (χ4v) is 3.24. The molecule has 0 N–H and O–H groups in total. The predicted molar refractivity (Wildman–Crippen MR) is 96.0 cm³/mol. The summed E-state index contributed by atoms with van der Waals surface area (Å²) in [7, 11) is 0. The Hall–Kier alpha value is -3.09. The van der Waals surface area contributed by atoms with E-state index in [0.717, 1.165) is 24.2 Å². The van der Waals surface area contributed by atoms with Gasteiger partial charge in [-0.2, -0.15) is 9.49 Å². The Labute approximate surface area is 150 Å². The van der Waals surface area contributed by atoms with Gasteiger partial charge in [-0.05, 0) is 43.0 Å². The maximum Gasteiger partial charge on any atom is 0.213 e. The molecule has 132 valence electrons. The van der Waals surface area contributed by atoms with Gasteiger partial charge in [0.1, 0.15) is 12.0 Å². The van der Waals surface area contributed by atoms with E-state index in [2.05, 4.69) is 31.5 Å². The first-order valence-corrected chi connectivity index (χ1v) is 8.53. The lowest BCUT2D eigenvalue weighted by molar-refractivity contribution is 0.476.